The number of unbranched alkanes of at least 4 members (excludes halogenated alkanes) is 1. The summed E-state index contributed by atoms with van der Waals surface area (Å²) in [6, 6.07) is 0. The second-order valence-corrected chi connectivity index (χ2v) is 3.79. The van der Waals surface area contributed by atoms with E-state index in [0.29, 0.717) is 5.92 Å². The number of tetrazole rings is 1. The summed E-state index contributed by atoms with van der Waals surface area (Å²) in [4.78, 5) is 0. The first-order valence-electron chi connectivity index (χ1n) is 5.51. The maximum Gasteiger partial charge on any atom is 0.153 e. The number of aromatic nitrogens is 4. The van der Waals surface area contributed by atoms with Crippen LogP contribution in [0, 0.1) is 0 Å². The molecule has 0 spiro atoms. The summed E-state index contributed by atoms with van der Waals surface area (Å²) in [5.74, 6) is 1.58. The fourth-order valence-corrected chi connectivity index (χ4v) is 1.78. The summed E-state index contributed by atoms with van der Waals surface area (Å²) in [5, 5.41) is 11.7. The largest absolute Gasteiger partial charge is 0.232 e. The van der Waals surface area contributed by atoms with Crippen molar-refractivity contribution in [1.82, 2.24) is 20.2 Å². The summed E-state index contributed by atoms with van der Waals surface area (Å²) < 4.78 is 1.80. The Morgan fingerprint density at radius 1 is 1.21 bits per heavy atom. The minimum Gasteiger partial charge on any atom is -0.232 e. The van der Waals surface area contributed by atoms with Crippen molar-refractivity contribution in [2.75, 3.05) is 0 Å². The third kappa shape index (κ3) is 2.79. The average molecular weight is 196 g/mol. The van der Waals surface area contributed by atoms with Gasteiger partial charge in [0.05, 0.1) is 0 Å². The van der Waals surface area contributed by atoms with E-state index in [1.165, 1.54) is 32.1 Å². The molecule has 0 aromatic carbocycles. The second-order valence-electron chi connectivity index (χ2n) is 3.79. The highest BCUT2D eigenvalue weighted by Gasteiger charge is 2.15. The molecule has 1 unspecified atom stereocenters. The van der Waals surface area contributed by atoms with Gasteiger partial charge in [0.15, 0.2) is 5.82 Å². The van der Waals surface area contributed by atoms with Crippen molar-refractivity contribution in [1.29, 1.82) is 0 Å². The van der Waals surface area contributed by atoms with Crippen LogP contribution < -0.4 is 0 Å². The Morgan fingerprint density at radius 2 is 2.00 bits per heavy atom. The topological polar surface area (TPSA) is 43.6 Å². The van der Waals surface area contributed by atoms with Crippen LogP contribution in [0.1, 0.15) is 57.7 Å². The lowest BCUT2D eigenvalue weighted by Crippen LogP contribution is -2.07. The van der Waals surface area contributed by atoms with E-state index in [4.69, 9.17) is 0 Å². The molecule has 80 valence electrons. The standard InChI is InChI=1S/C10H20N4/c1-4-6-8-9(7-5-2)10-11-12-13-14(10)3/h9H,4-8H2,1-3H3. The lowest BCUT2D eigenvalue weighted by Gasteiger charge is -2.13. The molecular weight excluding hydrogens is 176 g/mol. The maximum absolute atomic E-state index is 4.09. The van der Waals surface area contributed by atoms with Gasteiger partial charge in [0.2, 0.25) is 0 Å². The molecule has 4 nitrogen and oxygen atoms in total. The maximum atomic E-state index is 4.09. The zero-order valence-electron chi connectivity index (χ0n) is 9.40. The molecule has 0 fully saturated rings. The number of rotatable bonds is 6. The highest BCUT2D eigenvalue weighted by molar-refractivity contribution is 4.92. The first kappa shape index (κ1) is 11.1. The van der Waals surface area contributed by atoms with Crippen LogP contribution >= 0.6 is 0 Å². The third-order valence-electron chi connectivity index (χ3n) is 2.56. The normalized spacial score (nSPS) is 13.1. The van der Waals surface area contributed by atoms with Crippen molar-refractivity contribution >= 4 is 0 Å². The van der Waals surface area contributed by atoms with E-state index < -0.39 is 0 Å². The van der Waals surface area contributed by atoms with Gasteiger partial charge in [0, 0.05) is 13.0 Å². The van der Waals surface area contributed by atoms with Crippen LogP contribution in [0.2, 0.25) is 0 Å². The lowest BCUT2D eigenvalue weighted by atomic mass is 9.96. The summed E-state index contributed by atoms with van der Waals surface area (Å²) in [5.41, 5.74) is 0. The molecule has 0 radical (unpaired) electrons. The fraction of sp³-hybridized carbons (Fsp3) is 0.900. The molecule has 4 heteroatoms. The van der Waals surface area contributed by atoms with E-state index in [9.17, 15) is 0 Å². The van der Waals surface area contributed by atoms with E-state index >= 15 is 0 Å². The van der Waals surface area contributed by atoms with Gasteiger partial charge < -0.3 is 0 Å². The summed E-state index contributed by atoms with van der Waals surface area (Å²) in [6.45, 7) is 4.43. The van der Waals surface area contributed by atoms with Crippen LogP contribution in [0.4, 0.5) is 0 Å². The van der Waals surface area contributed by atoms with Crippen LogP contribution in [0.5, 0.6) is 0 Å². The molecule has 14 heavy (non-hydrogen) atoms. The Hall–Kier alpha value is -0.930. The monoisotopic (exact) mass is 196 g/mol. The molecule has 1 aromatic rings. The Labute approximate surface area is 85.7 Å². The van der Waals surface area contributed by atoms with Crippen molar-refractivity contribution in [2.45, 2.75) is 51.9 Å². The molecule has 0 aliphatic carbocycles. The molecule has 1 aromatic heterocycles. The Balaban J connectivity index is 2.62. The van der Waals surface area contributed by atoms with Gasteiger partial charge in [-0.2, -0.15) is 0 Å². The number of aryl methyl sites for hydroxylation is 1. The van der Waals surface area contributed by atoms with E-state index in [2.05, 4.69) is 29.4 Å². The van der Waals surface area contributed by atoms with E-state index in [0.717, 1.165) is 5.82 Å². The minimum absolute atomic E-state index is 0.542. The predicted octanol–water partition coefficient (Wildman–Crippen LogP) is 2.28. The third-order valence-corrected chi connectivity index (χ3v) is 2.56. The second kappa shape index (κ2) is 5.73. The number of nitrogens with zero attached hydrogens (tertiary/aromatic N) is 4. The van der Waals surface area contributed by atoms with Crippen LogP contribution in [0.25, 0.3) is 0 Å². The van der Waals surface area contributed by atoms with Crippen molar-refractivity contribution in [2.24, 2.45) is 7.05 Å². The average Bonchev–Trinajstić information content (AvgIpc) is 2.59. The van der Waals surface area contributed by atoms with E-state index in [1.54, 1.807) is 4.68 Å². The highest BCUT2D eigenvalue weighted by Crippen LogP contribution is 2.24. The Kier molecular flexibility index (Phi) is 4.56. The first-order valence-corrected chi connectivity index (χ1v) is 5.51. The van der Waals surface area contributed by atoms with Crippen molar-refractivity contribution in [3.63, 3.8) is 0 Å². The molecule has 0 aliphatic heterocycles. The van der Waals surface area contributed by atoms with Crippen LogP contribution in [0.15, 0.2) is 0 Å². The zero-order valence-corrected chi connectivity index (χ0v) is 9.40. The molecular formula is C10H20N4. The number of hydrogen-bond donors (Lipinski definition) is 0. The SMILES string of the molecule is CCCCC(CCC)c1nnnn1C. The van der Waals surface area contributed by atoms with Gasteiger partial charge >= 0.3 is 0 Å². The van der Waals surface area contributed by atoms with Crippen LogP contribution in [-0.2, 0) is 7.05 Å². The van der Waals surface area contributed by atoms with Gasteiger partial charge in [-0.1, -0.05) is 33.1 Å². The van der Waals surface area contributed by atoms with Gasteiger partial charge in [0.25, 0.3) is 0 Å². The molecule has 1 rings (SSSR count). The number of hydrogen-bond acceptors (Lipinski definition) is 3. The lowest BCUT2D eigenvalue weighted by molar-refractivity contribution is 0.494. The van der Waals surface area contributed by atoms with Gasteiger partial charge in [-0.3, -0.25) is 0 Å². The highest BCUT2D eigenvalue weighted by atomic mass is 15.5. The molecule has 0 amide bonds. The van der Waals surface area contributed by atoms with Crippen LogP contribution in [0.3, 0.4) is 0 Å². The van der Waals surface area contributed by atoms with E-state index in [-0.39, 0.29) is 0 Å². The summed E-state index contributed by atoms with van der Waals surface area (Å²) in [7, 11) is 1.92. The van der Waals surface area contributed by atoms with Gasteiger partial charge in [0.1, 0.15) is 0 Å². The quantitative estimate of drug-likeness (QED) is 0.701. The van der Waals surface area contributed by atoms with Crippen molar-refractivity contribution < 1.29 is 0 Å². The van der Waals surface area contributed by atoms with Gasteiger partial charge in [-0.05, 0) is 23.3 Å². The fourth-order valence-electron chi connectivity index (χ4n) is 1.78. The molecule has 1 atom stereocenters. The molecule has 0 N–H and O–H groups in total. The molecule has 1 heterocycles. The predicted molar refractivity (Wildman–Crippen MR) is 56.0 cm³/mol. The van der Waals surface area contributed by atoms with Gasteiger partial charge in [-0.25, -0.2) is 4.68 Å². The molecule has 0 saturated heterocycles. The van der Waals surface area contributed by atoms with Crippen molar-refractivity contribution in [3.8, 4) is 0 Å². The summed E-state index contributed by atoms with van der Waals surface area (Å²) in [6.07, 6.45) is 6.09. The zero-order chi connectivity index (χ0) is 10.4. The van der Waals surface area contributed by atoms with Gasteiger partial charge in [-0.15, -0.1) is 5.10 Å². The Morgan fingerprint density at radius 3 is 2.50 bits per heavy atom. The first-order chi connectivity index (χ1) is 6.79. The van der Waals surface area contributed by atoms with E-state index in [1.807, 2.05) is 7.05 Å². The molecule has 0 saturated carbocycles. The summed E-state index contributed by atoms with van der Waals surface area (Å²) >= 11 is 0. The molecule has 0 bridgehead atoms. The smallest absolute Gasteiger partial charge is 0.153 e. The minimum atomic E-state index is 0.542. The Bertz CT molecular complexity index is 256. The van der Waals surface area contributed by atoms with Crippen LogP contribution in [-0.4, -0.2) is 20.2 Å². The molecule has 0 aliphatic rings. The van der Waals surface area contributed by atoms with Crippen molar-refractivity contribution in [3.05, 3.63) is 5.82 Å².